The van der Waals surface area contributed by atoms with Gasteiger partial charge in [-0.25, -0.2) is 0 Å². The third kappa shape index (κ3) is 3.49. The smallest absolute Gasteiger partial charge is 0.379 e. The van der Waals surface area contributed by atoms with E-state index in [0.717, 1.165) is 6.42 Å². The van der Waals surface area contributed by atoms with Crippen molar-refractivity contribution in [3.63, 3.8) is 0 Å². The second-order valence-electron chi connectivity index (χ2n) is 6.07. The highest BCUT2D eigenvalue weighted by atomic mass is 31.2. The number of nitrogens with zero attached hydrogens (tertiary/aromatic N) is 1. The van der Waals surface area contributed by atoms with Gasteiger partial charge in [-0.15, -0.1) is 0 Å². The van der Waals surface area contributed by atoms with Crippen LogP contribution in [0.4, 0.5) is 8.78 Å². The maximum absolute atomic E-state index is 15.6. The van der Waals surface area contributed by atoms with Crippen LogP contribution in [0.2, 0.25) is 0 Å². The highest BCUT2D eigenvalue weighted by molar-refractivity contribution is 7.55. The summed E-state index contributed by atoms with van der Waals surface area (Å²) < 4.78 is 59.5. The van der Waals surface area contributed by atoms with Gasteiger partial charge < -0.3 is 13.8 Å². The predicted octanol–water partition coefficient (Wildman–Crippen LogP) is 3.88. The molecule has 0 spiro atoms. The quantitative estimate of drug-likeness (QED) is 0.649. The highest BCUT2D eigenvalue weighted by Gasteiger charge is 2.68. The molecule has 23 heavy (non-hydrogen) atoms. The van der Waals surface area contributed by atoms with Gasteiger partial charge in [-0.05, 0) is 26.7 Å². The van der Waals surface area contributed by atoms with Crippen LogP contribution in [0, 0.1) is 0 Å². The molecule has 0 aromatic carbocycles. The highest BCUT2D eigenvalue weighted by Crippen LogP contribution is 2.69. The molecule has 136 valence electrons. The molecule has 2 rings (SSSR count). The molecule has 0 radical (unpaired) electrons. The van der Waals surface area contributed by atoms with E-state index in [1.165, 1.54) is 0 Å². The minimum atomic E-state index is -4.54. The van der Waals surface area contributed by atoms with Gasteiger partial charge in [0, 0.05) is 13.1 Å². The van der Waals surface area contributed by atoms with Gasteiger partial charge in [-0.2, -0.15) is 8.78 Å². The van der Waals surface area contributed by atoms with E-state index in [4.69, 9.17) is 13.8 Å². The number of halogens is 2. The topological polar surface area (TPSA) is 48.0 Å². The molecule has 1 aliphatic carbocycles. The lowest BCUT2D eigenvalue weighted by molar-refractivity contribution is -0.144. The second kappa shape index (κ2) is 7.87. The van der Waals surface area contributed by atoms with Crippen LogP contribution in [0.25, 0.3) is 0 Å². The first-order valence-corrected chi connectivity index (χ1v) is 10.1. The molecule has 5 nitrogen and oxygen atoms in total. The summed E-state index contributed by atoms with van der Waals surface area (Å²) in [6.45, 7) is 4.69. The fraction of sp³-hybridized carbons (Fsp3) is 1.00. The third-order valence-corrected chi connectivity index (χ3v) is 7.10. The number of hydrogen-bond acceptors (Lipinski definition) is 5. The summed E-state index contributed by atoms with van der Waals surface area (Å²) in [6, 6.07) is 0. The van der Waals surface area contributed by atoms with E-state index in [2.05, 4.69) is 0 Å². The van der Waals surface area contributed by atoms with Crippen molar-refractivity contribution in [3.05, 3.63) is 0 Å². The maximum atomic E-state index is 15.6. The SMILES string of the molecule is CCOP(=O)(OCC)C(F)(F)C1(N2CCOCC2)CCCCC1. The van der Waals surface area contributed by atoms with E-state index < -0.39 is 18.8 Å². The molecule has 0 amide bonds. The van der Waals surface area contributed by atoms with E-state index in [1.54, 1.807) is 18.7 Å². The summed E-state index contributed by atoms with van der Waals surface area (Å²) >= 11 is 0. The molecule has 1 aliphatic heterocycles. The summed E-state index contributed by atoms with van der Waals surface area (Å²) in [6.07, 6.45) is 2.94. The van der Waals surface area contributed by atoms with E-state index in [1.807, 2.05) is 0 Å². The second-order valence-corrected chi connectivity index (χ2v) is 8.14. The molecule has 0 aromatic rings. The van der Waals surface area contributed by atoms with Crippen molar-refractivity contribution in [3.8, 4) is 0 Å². The standard InChI is InChI=1S/C15H28F2NO4P/c1-3-21-23(19,22-4-2)15(16,17)14(8-6-5-7-9-14)18-10-12-20-13-11-18/h3-13H2,1-2H3. The van der Waals surface area contributed by atoms with Gasteiger partial charge in [0.25, 0.3) is 0 Å². The van der Waals surface area contributed by atoms with Crippen LogP contribution in [0.1, 0.15) is 46.0 Å². The Morgan fingerprint density at radius 2 is 1.61 bits per heavy atom. The Bertz CT molecular complexity index is 414. The van der Waals surface area contributed by atoms with Crippen LogP contribution >= 0.6 is 7.60 Å². The summed E-state index contributed by atoms with van der Waals surface area (Å²) in [5, 5.41) is 0. The van der Waals surface area contributed by atoms with Crippen molar-refractivity contribution in [2.24, 2.45) is 0 Å². The van der Waals surface area contributed by atoms with Crippen molar-refractivity contribution in [2.45, 2.75) is 57.2 Å². The van der Waals surface area contributed by atoms with E-state index in [-0.39, 0.29) is 13.2 Å². The number of rotatable bonds is 7. The molecule has 0 bridgehead atoms. The van der Waals surface area contributed by atoms with E-state index in [0.29, 0.717) is 52.0 Å². The predicted molar refractivity (Wildman–Crippen MR) is 84.0 cm³/mol. The fourth-order valence-electron chi connectivity index (χ4n) is 3.73. The molecule has 0 aromatic heterocycles. The Balaban J connectivity index is 2.40. The lowest BCUT2D eigenvalue weighted by Crippen LogP contribution is -2.63. The molecule has 0 unspecified atom stereocenters. The molecule has 0 atom stereocenters. The number of morpholine rings is 1. The monoisotopic (exact) mass is 355 g/mol. The first kappa shape index (κ1) is 19.3. The van der Waals surface area contributed by atoms with Crippen molar-refractivity contribution in [1.29, 1.82) is 0 Å². The van der Waals surface area contributed by atoms with Gasteiger partial charge in [0.15, 0.2) is 0 Å². The lowest BCUT2D eigenvalue weighted by atomic mass is 9.80. The summed E-state index contributed by atoms with van der Waals surface area (Å²) in [4.78, 5) is 1.76. The zero-order valence-corrected chi connectivity index (χ0v) is 15.0. The molecule has 2 aliphatic rings. The molecular formula is C15H28F2NO4P. The number of ether oxygens (including phenoxy) is 1. The van der Waals surface area contributed by atoms with Gasteiger partial charge in [-0.1, -0.05) is 19.3 Å². The fourth-order valence-corrected chi connectivity index (χ4v) is 5.68. The van der Waals surface area contributed by atoms with E-state index in [9.17, 15) is 4.57 Å². The Morgan fingerprint density at radius 3 is 2.09 bits per heavy atom. The number of hydrogen-bond donors (Lipinski definition) is 0. The van der Waals surface area contributed by atoms with Gasteiger partial charge in [0.1, 0.15) is 0 Å². The van der Waals surface area contributed by atoms with Crippen LogP contribution in [-0.4, -0.2) is 55.6 Å². The van der Waals surface area contributed by atoms with Crippen molar-refractivity contribution >= 4 is 7.60 Å². The summed E-state index contributed by atoms with van der Waals surface area (Å²) in [5.74, 6) is 0. The Hall–Kier alpha value is -0.0700. The van der Waals surface area contributed by atoms with Crippen molar-refractivity contribution < 1.29 is 27.1 Å². The zero-order valence-electron chi connectivity index (χ0n) is 14.1. The molecule has 1 heterocycles. The first-order valence-electron chi connectivity index (χ1n) is 8.53. The Morgan fingerprint density at radius 1 is 1.09 bits per heavy atom. The maximum Gasteiger partial charge on any atom is 0.401 e. The Labute approximate surface area is 137 Å². The molecule has 8 heteroatoms. The van der Waals surface area contributed by atoms with Gasteiger partial charge >= 0.3 is 13.3 Å². The average Bonchev–Trinajstić information content (AvgIpc) is 2.56. The van der Waals surface area contributed by atoms with Crippen LogP contribution in [0.5, 0.6) is 0 Å². The van der Waals surface area contributed by atoms with Crippen LogP contribution in [0.15, 0.2) is 0 Å². The summed E-state index contributed by atoms with van der Waals surface area (Å²) in [5.41, 5.74) is -5.00. The van der Waals surface area contributed by atoms with Crippen molar-refractivity contribution in [2.75, 3.05) is 39.5 Å². The number of alkyl halides is 2. The first-order chi connectivity index (χ1) is 10.9. The summed E-state index contributed by atoms with van der Waals surface area (Å²) in [7, 11) is -4.54. The van der Waals surface area contributed by atoms with Crippen molar-refractivity contribution in [1.82, 2.24) is 4.90 Å². The van der Waals surface area contributed by atoms with Crippen LogP contribution < -0.4 is 0 Å². The van der Waals surface area contributed by atoms with Crippen LogP contribution in [-0.2, 0) is 18.3 Å². The minimum absolute atomic E-state index is 0.0634. The normalized spacial score (nSPS) is 23.8. The average molecular weight is 355 g/mol. The molecule has 1 saturated heterocycles. The zero-order chi connectivity index (χ0) is 17.0. The molecule has 2 fully saturated rings. The van der Waals surface area contributed by atoms with Gasteiger partial charge in [0.2, 0.25) is 0 Å². The van der Waals surface area contributed by atoms with Crippen LogP contribution in [0.3, 0.4) is 0 Å². The van der Waals surface area contributed by atoms with E-state index >= 15 is 8.78 Å². The molecular weight excluding hydrogens is 327 g/mol. The lowest BCUT2D eigenvalue weighted by Gasteiger charge is -2.52. The largest absolute Gasteiger partial charge is 0.401 e. The van der Waals surface area contributed by atoms with Gasteiger partial charge in [-0.3, -0.25) is 9.46 Å². The third-order valence-electron chi connectivity index (χ3n) is 4.80. The Kier molecular flexibility index (Phi) is 6.59. The molecule has 0 N–H and O–H groups in total. The minimum Gasteiger partial charge on any atom is -0.379 e. The van der Waals surface area contributed by atoms with Gasteiger partial charge in [0.05, 0.1) is 32.0 Å². The molecule has 1 saturated carbocycles.